The third-order valence-corrected chi connectivity index (χ3v) is 7.01. The summed E-state index contributed by atoms with van der Waals surface area (Å²) in [7, 11) is 2.16. The number of ether oxygens (including phenoxy) is 2. The number of benzene rings is 2. The maximum Gasteiger partial charge on any atom is 0.161 e. The Morgan fingerprint density at radius 3 is 2.39 bits per heavy atom. The van der Waals surface area contributed by atoms with E-state index in [4.69, 9.17) is 9.47 Å². The van der Waals surface area contributed by atoms with E-state index in [1.165, 1.54) is 29.5 Å². The third-order valence-electron chi connectivity index (χ3n) is 5.47. The molecule has 1 heterocycles. The van der Waals surface area contributed by atoms with Gasteiger partial charge in [-0.15, -0.1) is 0 Å². The molecule has 1 aliphatic heterocycles. The van der Waals surface area contributed by atoms with Crippen LogP contribution >= 0.6 is 0 Å². The standard InChI is InChI=1S/C23H31NO3S/c1-5-6-7-8-21-20-16-23(27-4)22(26-3)15-18(20)13-14-24(21)28(25)19-11-9-17(2)10-12-19/h9-12,15-16,21H,5-8,13-14H2,1-4H3/t21-,28-/m1/s1. The molecular formula is C23H31NO3S. The molecule has 2 aromatic rings. The summed E-state index contributed by atoms with van der Waals surface area (Å²) < 4.78 is 26.6. The predicted octanol–water partition coefficient (Wildman–Crippen LogP) is 5.21. The van der Waals surface area contributed by atoms with E-state index in [1.54, 1.807) is 14.2 Å². The van der Waals surface area contributed by atoms with Crippen LogP contribution in [0.2, 0.25) is 0 Å². The van der Waals surface area contributed by atoms with Gasteiger partial charge in [0.05, 0.1) is 19.1 Å². The molecule has 5 heteroatoms. The molecule has 0 saturated heterocycles. The molecule has 0 amide bonds. The maximum atomic E-state index is 13.4. The van der Waals surface area contributed by atoms with Crippen molar-refractivity contribution in [3.8, 4) is 11.5 Å². The van der Waals surface area contributed by atoms with Crippen LogP contribution in [0.3, 0.4) is 0 Å². The lowest BCUT2D eigenvalue weighted by Gasteiger charge is -2.36. The lowest BCUT2D eigenvalue weighted by Crippen LogP contribution is -2.37. The van der Waals surface area contributed by atoms with Crippen LogP contribution in [0.1, 0.15) is 55.3 Å². The summed E-state index contributed by atoms with van der Waals surface area (Å²) in [5, 5.41) is 0. The van der Waals surface area contributed by atoms with Gasteiger partial charge in [0.15, 0.2) is 11.5 Å². The van der Waals surface area contributed by atoms with E-state index in [-0.39, 0.29) is 6.04 Å². The quantitative estimate of drug-likeness (QED) is 0.570. The van der Waals surface area contributed by atoms with E-state index in [2.05, 4.69) is 30.3 Å². The second kappa shape index (κ2) is 9.57. The molecule has 3 rings (SSSR count). The first-order valence-electron chi connectivity index (χ1n) is 10.1. The van der Waals surface area contributed by atoms with Crippen molar-refractivity contribution in [3.05, 3.63) is 53.1 Å². The summed E-state index contributed by atoms with van der Waals surface area (Å²) in [6.07, 6.45) is 5.33. The first kappa shape index (κ1) is 20.9. The Hall–Kier alpha value is -1.85. The minimum absolute atomic E-state index is 0.122. The Balaban J connectivity index is 1.96. The van der Waals surface area contributed by atoms with Gasteiger partial charge in [-0.25, -0.2) is 8.51 Å². The van der Waals surface area contributed by atoms with Crippen LogP contribution < -0.4 is 9.47 Å². The fourth-order valence-electron chi connectivity index (χ4n) is 3.88. The number of unbranched alkanes of at least 4 members (excludes halogenated alkanes) is 2. The van der Waals surface area contributed by atoms with Gasteiger partial charge in [0.25, 0.3) is 0 Å². The molecule has 0 aliphatic carbocycles. The lowest BCUT2D eigenvalue weighted by atomic mass is 9.90. The number of hydrogen-bond donors (Lipinski definition) is 0. The molecule has 2 atom stereocenters. The van der Waals surface area contributed by atoms with Crippen LogP contribution in [0, 0.1) is 6.92 Å². The Bertz CT molecular complexity index is 819. The van der Waals surface area contributed by atoms with Crippen LogP contribution in [0.5, 0.6) is 11.5 Å². The Kier molecular flexibility index (Phi) is 7.13. The minimum atomic E-state index is -1.18. The van der Waals surface area contributed by atoms with Crippen molar-refractivity contribution in [3.63, 3.8) is 0 Å². The van der Waals surface area contributed by atoms with E-state index in [9.17, 15) is 4.21 Å². The van der Waals surface area contributed by atoms with Gasteiger partial charge in [-0.3, -0.25) is 0 Å². The van der Waals surface area contributed by atoms with E-state index >= 15 is 0 Å². The molecule has 0 aromatic heterocycles. The zero-order valence-corrected chi connectivity index (χ0v) is 18.2. The maximum absolute atomic E-state index is 13.4. The Labute approximate surface area is 171 Å². The molecule has 0 saturated carbocycles. The van der Waals surface area contributed by atoms with Crippen molar-refractivity contribution in [2.75, 3.05) is 20.8 Å². The summed E-state index contributed by atoms with van der Waals surface area (Å²) in [5.41, 5.74) is 3.68. The van der Waals surface area contributed by atoms with Crippen LogP contribution in [0.4, 0.5) is 0 Å². The van der Waals surface area contributed by atoms with Crippen molar-refractivity contribution in [2.24, 2.45) is 0 Å². The summed E-state index contributed by atoms with van der Waals surface area (Å²) in [4.78, 5) is 0.870. The number of fused-ring (bicyclic) bond motifs is 1. The Morgan fingerprint density at radius 2 is 1.75 bits per heavy atom. The van der Waals surface area contributed by atoms with Gasteiger partial charge in [0.1, 0.15) is 11.0 Å². The van der Waals surface area contributed by atoms with Crippen LogP contribution in [-0.2, 0) is 17.4 Å². The molecule has 0 bridgehead atoms. The molecule has 4 nitrogen and oxygen atoms in total. The average molecular weight is 402 g/mol. The number of methoxy groups -OCH3 is 2. The monoisotopic (exact) mass is 401 g/mol. The minimum Gasteiger partial charge on any atom is -0.493 e. The average Bonchev–Trinajstić information content (AvgIpc) is 2.73. The molecule has 0 spiro atoms. The molecule has 0 N–H and O–H groups in total. The summed E-state index contributed by atoms with van der Waals surface area (Å²) in [6.45, 7) is 5.04. The first-order valence-corrected chi connectivity index (χ1v) is 11.2. The first-order chi connectivity index (χ1) is 13.6. The van der Waals surface area contributed by atoms with E-state index < -0.39 is 11.0 Å². The van der Waals surface area contributed by atoms with Gasteiger partial charge in [0.2, 0.25) is 0 Å². The second-order valence-electron chi connectivity index (χ2n) is 7.37. The van der Waals surface area contributed by atoms with Gasteiger partial charge in [-0.1, -0.05) is 43.9 Å². The second-order valence-corrected chi connectivity index (χ2v) is 8.81. The summed E-state index contributed by atoms with van der Waals surface area (Å²) in [6, 6.07) is 12.3. The molecule has 0 fully saturated rings. The van der Waals surface area contributed by atoms with E-state index in [1.807, 2.05) is 24.3 Å². The van der Waals surface area contributed by atoms with Crippen molar-refractivity contribution in [1.82, 2.24) is 4.31 Å². The number of rotatable bonds is 8. The van der Waals surface area contributed by atoms with Crippen molar-refractivity contribution in [1.29, 1.82) is 0 Å². The Morgan fingerprint density at radius 1 is 1.07 bits per heavy atom. The van der Waals surface area contributed by atoms with Crippen LogP contribution in [0.25, 0.3) is 0 Å². The highest BCUT2D eigenvalue weighted by Gasteiger charge is 2.32. The number of nitrogens with zero attached hydrogens (tertiary/aromatic N) is 1. The number of hydrogen-bond acceptors (Lipinski definition) is 3. The molecule has 0 unspecified atom stereocenters. The fourth-order valence-corrected chi connectivity index (χ4v) is 5.23. The SMILES string of the molecule is CCCCC[C@@H]1c2cc(OC)c(OC)cc2CCN1[S@](=O)c1ccc(C)cc1. The highest BCUT2D eigenvalue weighted by atomic mass is 32.2. The number of aryl methyl sites for hydroxylation is 1. The zero-order valence-electron chi connectivity index (χ0n) is 17.4. The molecular weight excluding hydrogens is 370 g/mol. The normalized spacial score (nSPS) is 17.8. The molecule has 2 aromatic carbocycles. The van der Waals surface area contributed by atoms with Gasteiger partial charge in [-0.05, 0) is 55.2 Å². The van der Waals surface area contributed by atoms with E-state index in [0.29, 0.717) is 0 Å². The van der Waals surface area contributed by atoms with Gasteiger partial charge in [-0.2, -0.15) is 0 Å². The largest absolute Gasteiger partial charge is 0.493 e. The van der Waals surface area contributed by atoms with Crippen LogP contribution in [-0.4, -0.2) is 29.3 Å². The van der Waals surface area contributed by atoms with E-state index in [0.717, 1.165) is 42.2 Å². The molecule has 152 valence electrons. The summed E-state index contributed by atoms with van der Waals surface area (Å²) in [5.74, 6) is 1.51. The molecule has 1 aliphatic rings. The highest BCUT2D eigenvalue weighted by Crippen LogP contribution is 2.41. The predicted molar refractivity (Wildman–Crippen MR) is 114 cm³/mol. The van der Waals surface area contributed by atoms with Crippen molar-refractivity contribution < 1.29 is 13.7 Å². The van der Waals surface area contributed by atoms with Gasteiger partial charge in [0, 0.05) is 12.6 Å². The summed E-state index contributed by atoms with van der Waals surface area (Å²) >= 11 is 0. The van der Waals surface area contributed by atoms with Crippen molar-refractivity contribution >= 4 is 11.0 Å². The van der Waals surface area contributed by atoms with Crippen molar-refractivity contribution in [2.45, 2.75) is 56.9 Å². The highest BCUT2D eigenvalue weighted by molar-refractivity contribution is 7.82. The lowest BCUT2D eigenvalue weighted by molar-refractivity contribution is 0.297. The smallest absolute Gasteiger partial charge is 0.161 e. The fraction of sp³-hybridized carbons (Fsp3) is 0.478. The van der Waals surface area contributed by atoms with Gasteiger partial charge < -0.3 is 9.47 Å². The molecule has 0 radical (unpaired) electrons. The third kappa shape index (κ3) is 4.41. The molecule has 28 heavy (non-hydrogen) atoms. The van der Waals surface area contributed by atoms with Crippen LogP contribution in [0.15, 0.2) is 41.3 Å². The zero-order chi connectivity index (χ0) is 20.1. The van der Waals surface area contributed by atoms with Gasteiger partial charge >= 0.3 is 0 Å². The topological polar surface area (TPSA) is 38.8 Å².